The SMILES string of the molecule is CCCN(CCC)CCCO.[Ac]. The molecule has 0 heterocycles. The molecule has 0 aliphatic carbocycles. The number of hydrogen-bond donors (Lipinski definition) is 1. The second-order valence-corrected chi connectivity index (χ2v) is 2.92. The molecule has 71 valence electrons. The van der Waals surface area contributed by atoms with Crippen molar-refractivity contribution in [3.8, 4) is 0 Å². The molecule has 0 aliphatic rings. The van der Waals surface area contributed by atoms with Gasteiger partial charge in [-0.1, -0.05) is 13.8 Å². The summed E-state index contributed by atoms with van der Waals surface area (Å²) in [5.74, 6) is 0. The quantitative estimate of drug-likeness (QED) is 0.717. The summed E-state index contributed by atoms with van der Waals surface area (Å²) in [4.78, 5) is 2.41. The Balaban J connectivity index is 0. The van der Waals surface area contributed by atoms with Crippen molar-refractivity contribution in [2.45, 2.75) is 33.1 Å². The van der Waals surface area contributed by atoms with Crippen LogP contribution in [0.3, 0.4) is 0 Å². The van der Waals surface area contributed by atoms with Crippen molar-refractivity contribution in [3.63, 3.8) is 0 Å². The molecule has 12 heavy (non-hydrogen) atoms. The fourth-order valence-corrected chi connectivity index (χ4v) is 1.26. The maximum absolute atomic E-state index is 8.62. The fraction of sp³-hybridized carbons (Fsp3) is 1.00. The van der Waals surface area contributed by atoms with Crippen LogP contribution in [-0.4, -0.2) is 36.2 Å². The van der Waals surface area contributed by atoms with Gasteiger partial charge in [0.05, 0.1) is 0 Å². The van der Waals surface area contributed by atoms with Gasteiger partial charge in [0.2, 0.25) is 0 Å². The van der Waals surface area contributed by atoms with Gasteiger partial charge in [0.15, 0.2) is 0 Å². The molecule has 0 fully saturated rings. The van der Waals surface area contributed by atoms with E-state index < -0.39 is 0 Å². The Labute approximate surface area is 112 Å². The second-order valence-electron chi connectivity index (χ2n) is 2.92. The first-order valence-electron chi connectivity index (χ1n) is 4.68. The van der Waals surface area contributed by atoms with Crippen molar-refractivity contribution >= 4 is 0 Å². The smallest absolute Gasteiger partial charge is 0.0443 e. The van der Waals surface area contributed by atoms with Crippen LogP contribution in [0, 0.1) is 44.1 Å². The minimum atomic E-state index is 0. The van der Waals surface area contributed by atoms with E-state index in [4.69, 9.17) is 5.11 Å². The molecule has 0 saturated carbocycles. The van der Waals surface area contributed by atoms with Crippen LogP contribution in [0.4, 0.5) is 0 Å². The molecule has 0 atom stereocenters. The van der Waals surface area contributed by atoms with Crippen LogP contribution < -0.4 is 0 Å². The van der Waals surface area contributed by atoms with Gasteiger partial charge < -0.3 is 10.0 Å². The number of rotatable bonds is 7. The second kappa shape index (κ2) is 12.4. The Hall–Kier alpha value is 1.36. The predicted octanol–water partition coefficient (Wildman–Crippen LogP) is 1.49. The van der Waals surface area contributed by atoms with Gasteiger partial charge in [-0.3, -0.25) is 0 Å². The van der Waals surface area contributed by atoms with E-state index in [9.17, 15) is 0 Å². The first-order chi connectivity index (χ1) is 5.35. The summed E-state index contributed by atoms with van der Waals surface area (Å²) in [6, 6.07) is 0. The molecule has 0 aliphatic heterocycles. The molecule has 1 radical (unpaired) electrons. The summed E-state index contributed by atoms with van der Waals surface area (Å²) in [5.41, 5.74) is 0. The molecule has 0 amide bonds. The molecule has 1 N–H and O–H groups in total. The molecule has 0 rings (SSSR count). The summed E-state index contributed by atoms with van der Waals surface area (Å²) < 4.78 is 0. The van der Waals surface area contributed by atoms with Gasteiger partial charge in [-0.05, 0) is 32.4 Å². The third-order valence-corrected chi connectivity index (χ3v) is 1.71. The van der Waals surface area contributed by atoms with Gasteiger partial charge in [-0.25, -0.2) is 0 Å². The van der Waals surface area contributed by atoms with Gasteiger partial charge in [-0.2, -0.15) is 0 Å². The third-order valence-electron chi connectivity index (χ3n) is 1.71. The number of aliphatic hydroxyl groups is 1. The van der Waals surface area contributed by atoms with E-state index >= 15 is 0 Å². The summed E-state index contributed by atoms with van der Waals surface area (Å²) in [7, 11) is 0. The zero-order valence-corrected chi connectivity index (χ0v) is 13.2. The van der Waals surface area contributed by atoms with Crippen molar-refractivity contribution in [1.82, 2.24) is 4.90 Å². The Morgan fingerprint density at radius 2 is 1.50 bits per heavy atom. The summed E-state index contributed by atoms with van der Waals surface area (Å²) >= 11 is 0. The van der Waals surface area contributed by atoms with Crippen LogP contribution >= 0.6 is 0 Å². The van der Waals surface area contributed by atoms with Crippen molar-refractivity contribution in [1.29, 1.82) is 0 Å². The molecule has 0 unspecified atom stereocenters. The molecule has 0 bridgehead atoms. The van der Waals surface area contributed by atoms with E-state index in [0.717, 1.165) is 13.0 Å². The minimum Gasteiger partial charge on any atom is -0.396 e. The molecule has 0 spiro atoms. The number of aliphatic hydroxyl groups excluding tert-OH is 1. The minimum absolute atomic E-state index is 0. The van der Waals surface area contributed by atoms with Crippen LogP contribution in [0.25, 0.3) is 0 Å². The monoisotopic (exact) mass is 386 g/mol. The van der Waals surface area contributed by atoms with E-state index in [1.54, 1.807) is 0 Å². The van der Waals surface area contributed by atoms with E-state index in [1.165, 1.54) is 25.9 Å². The maximum atomic E-state index is 8.62. The Bertz CT molecular complexity index is 74.9. The Kier molecular flexibility index (Phi) is 16.3. The zero-order chi connectivity index (χ0) is 8.53. The average molecular weight is 386 g/mol. The third kappa shape index (κ3) is 9.45. The van der Waals surface area contributed by atoms with E-state index in [-0.39, 0.29) is 44.1 Å². The van der Waals surface area contributed by atoms with Crippen LogP contribution in [0.5, 0.6) is 0 Å². The molecular weight excluding hydrogens is 365 g/mol. The fourth-order valence-electron chi connectivity index (χ4n) is 1.26. The van der Waals surface area contributed by atoms with Gasteiger partial charge in [0, 0.05) is 57.2 Å². The Morgan fingerprint density at radius 3 is 1.83 bits per heavy atom. The predicted molar refractivity (Wildman–Crippen MR) is 48.7 cm³/mol. The van der Waals surface area contributed by atoms with Gasteiger partial charge >= 0.3 is 0 Å². The van der Waals surface area contributed by atoms with Gasteiger partial charge in [-0.15, -0.1) is 0 Å². The van der Waals surface area contributed by atoms with E-state index in [1.807, 2.05) is 0 Å². The summed E-state index contributed by atoms with van der Waals surface area (Å²) in [5, 5.41) is 8.62. The van der Waals surface area contributed by atoms with Crippen molar-refractivity contribution in [2.24, 2.45) is 0 Å². The average Bonchev–Trinajstić information content (AvgIpc) is 2.01. The van der Waals surface area contributed by atoms with Crippen molar-refractivity contribution < 1.29 is 49.2 Å². The molecule has 0 saturated heterocycles. The molecule has 3 heteroatoms. The molecule has 0 aromatic heterocycles. The first-order valence-corrected chi connectivity index (χ1v) is 4.68. The topological polar surface area (TPSA) is 23.5 Å². The summed E-state index contributed by atoms with van der Waals surface area (Å²) in [6.07, 6.45) is 3.34. The molecule has 0 aromatic carbocycles. The number of nitrogens with zero attached hydrogens (tertiary/aromatic N) is 1. The van der Waals surface area contributed by atoms with Gasteiger partial charge in [0.1, 0.15) is 0 Å². The van der Waals surface area contributed by atoms with Crippen molar-refractivity contribution in [2.75, 3.05) is 26.2 Å². The largest absolute Gasteiger partial charge is 0.396 e. The van der Waals surface area contributed by atoms with E-state index in [2.05, 4.69) is 18.7 Å². The standard InChI is InChI=1S/C9H21NO.Ac/c1-3-6-10(7-4-2)8-5-9-11;/h11H,3-9H2,1-2H3;. The van der Waals surface area contributed by atoms with Crippen molar-refractivity contribution in [3.05, 3.63) is 0 Å². The normalized spacial score (nSPS) is 10.0. The van der Waals surface area contributed by atoms with Crippen LogP contribution in [0.2, 0.25) is 0 Å². The maximum Gasteiger partial charge on any atom is 0.0443 e. The zero-order valence-electron chi connectivity index (χ0n) is 8.42. The van der Waals surface area contributed by atoms with Crippen LogP contribution in [-0.2, 0) is 0 Å². The van der Waals surface area contributed by atoms with Gasteiger partial charge in [0.25, 0.3) is 0 Å². The molecule has 2 nitrogen and oxygen atoms in total. The molecule has 0 aromatic rings. The first kappa shape index (κ1) is 15.8. The number of hydrogen-bond acceptors (Lipinski definition) is 2. The van der Waals surface area contributed by atoms with E-state index in [0.29, 0.717) is 6.61 Å². The Morgan fingerprint density at radius 1 is 1.00 bits per heavy atom. The van der Waals surface area contributed by atoms with Crippen LogP contribution in [0.1, 0.15) is 33.1 Å². The van der Waals surface area contributed by atoms with Crippen LogP contribution in [0.15, 0.2) is 0 Å². The summed E-state index contributed by atoms with van der Waals surface area (Å²) in [6.45, 7) is 8.12. The molecular formula is C9H21AcNO.